The Kier molecular flexibility index (Phi) is 2.92. The van der Waals surface area contributed by atoms with Crippen molar-refractivity contribution in [3.8, 4) is 0 Å². The Labute approximate surface area is 91.4 Å². The average molecular weight is 227 g/mol. The molecule has 1 amide bonds. The van der Waals surface area contributed by atoms with Crippen LogP contribution in [-0.4, -0.2) is 27.3 Å². The standard InChI is InChI=1S/C8H13N5OS/c9-5-8(2-1-3-8)4-6(14)10-7-11-12-13-15-7/h1-5,9H2,(H,10,11,13,14). The third-order valence-corrected chi connectivity index (χ3v) is 3.44. The van der Waals surface area contributed by atoms with E-state index in [2.05, 4.69) is 20.1 Å². The van der Waals surface area contributed by atoms with Gasteiger partial charge in [0, 0.05) is 18.0 Å². The smallest absolute Gasteiger partial charge is 0.231 e. The van der Waals surface area contributed by atoms with E-state index in [0.717, 1.165) is 24.4 Å². The quantitative estimate of drug-likeness (QED) is 0.776. The number of amides is 1. The van der Waals surface area contributed by atoms with Crippen LogP contribution in [0.5, 0.6) is 0 Å². The molecular weight excluding hydrogens is 214 g/mol. The summed E-state index contributed by atoms with van der Waals surface area (Å²) in [4.78, 5) is 11.6. The van der Waals surface area contributed by atoms with Crippen LogP contribution < -0.4 is 11.1 Å². The largest absolute Gasteiger partial charge is 0.330 e. The second kappa shape index (κ2) is 4.19. The van der Waals surface area contributed by atoms with Crippen LogP contribution in [0.2, 0.25) is 0 Å². The van der Waals surface area contributed by atoms with Gasteiger partial charge < -0.3 is 5.73 Å². The highest BCUT2D eigenvalue weighted by Crippen LogP contribution is 2.42. The molecule has 0 atom stereocenters. The number of carbonyl (C=O) groups is 1. The van der Waals surface area contributed by atoms with Crippen molar-refractivity contribution in [2.75, 3.05) is 11.9 Å². The molecule has 2 rings (SSSR count). The first-order chi connectivity index (χ1) is 7.24. The molecule has 0 spiro atoms. The van der Waals surface area contributed by atoms with Crippen molar-refractivity contribution in [1.29, 1.82) is 0 Å². The Bertz CT molecular complexity index is 329. The maximum absolute atomic E-state index is 11.6. The van der Waals surface area contributed by atoms with Crippen LogP contribution in [0.1, 0.15) is 25.7 Å². The lowest BCUT2D eigenvalue weighted by Crippen LogP contribution is -2.40. The van der Waals surface area contributed by atoms with Crippen molar-refractivity contribution in [3.63, 3.8) is 0 Å². The monoisotopic (exact) mass is 227 g/mol. The maximum atomic E-state index is 11.6. The van der Waals surface area contributed by atoms with E-state index in [9.17, 15) is 4.79 Å². The van der Waals surface area contributed by atoms with E-state index in [0.29, 0.717) is 18.1 Å². The van der Waals surface area contributed by atoms with Gasteiger partial charge in [0.15, 0.2) is 0 Å². The molecule has 1 saturated carbocycles. The van der Waals surface area contributed by atoms with Crippen LogP contribution in [-0.2, 0) is 4.79 Å². The number of hydrogen-bond donors (Lipinski definition) is 2. The Morgan fingerprint density at radius 3 is 2.87 bits per heavy atom. The Balaban J connectivity index is 1.87. The Morgan fingerprint density at radius 2 is 2.40 bits per heavy atom. The summed E-state index contributed by atoms with van der Waals surface area (Å²) in [7, 11) is 0. The van der Waals surface area contributed by atoms with Gasteiger partial charge >= 0.3 is 0 Å². The third-order valence-electron chi connectivity index (χ3n) is 2.93. The number of anilines is 1. The van der Waals surface area contributed by atoms with Crippen molar-refractivity contribution >= 4 is 22.6 Å². The van der Waals surface area contributed by atoms with Gasteiger partial charge in [-0.3, -0.25) is 10.1 Å². The van der Waals surface area contributed by atoms with Gasteiger partial charge in [-0.2, -0.15) is 0 Å². The first-order valence-electron chi connectivity index (χ1n) is 4.89. The molecule has 0 aliphatic heterocycles. The second-order valence-corrected chi connectivity index (χ2v) is 4.68. The van der Waals surface area contributed by atoms with Crippen LogP contribution in [0.4, 0.5) is 5.13 Å². The van der Waals surface area contributed by atoms with Crippen molar-refractivity contribution < 1.29 is 4.79 Å². The molecule has 1 aliphatic carbocycles. The summed E-state index contributed by atoms with van der Waals surface area (Å²) < 4.78 is 3.57. The zero-order valence-corrected chi connectivity index (χ0v) is 9.09. The number of aromatic nitrogens is 3. The SMILES string of the molecule is NCC1(CC(=O)Nc2nnns2)CCC1. The van der Waals surface area contributed by atoms with Gasteiger partial charge in [0.1, 0.15) is 0 Å². The summed E-state index contributed by atoms with van der Waals surface area (Å²) in [6.07, 6.45) is 3.74. The van der Waals surface area contributed by atoms with Gasteiger partial charge in [-0.15, -0.1) is 0 Å². The Morgan fingerprint density at radius 1 is 1.60 bits per heavy atom. The van der Waals surface area contributed by atoms with Gasteiger partial charge in [-0.1, -0.05) is 16.0 Å². The fraction of sp³-hybridized carbons (Fsp3) is 0.750. The van der Waals surface area contributed by atoms with Crippen molar-refractivity contribution in [2.24, 2.45) is 11.1 Å². The summed E-state index contributed by atoms with van der Waals surface area (Å²) in [5, 5.41) is 10.2. The molecular formula is C8H13N5OS. The number of rotatable bonds is 4. The summed E-state index contributed by atoms with van der Waals surface area (Å²) in [6.45, 7) is 0.578. The lowest BCUT2D eigenvalue weighted by atomic mass is 9.66. The molecule has 15 heavy (non-hydrogen) atoms. The minimum absolute atomic E-state index is 0.0300. The van der Waals surface area contributed by atoms with Crippen molar-refractivity contribution in [2.45, 2.75) is 25.7 Å². The van der Waals surface area contributed by atoms with E-state index in [1.807, 2.05) is 0 Å². The zero-order chi connectivity index (χ0) is 10.7. The highest BCUT2D eigenvalue weighted by Gasteiger charge is 2.37. The maximum Gasteiger partial charge on any atom is 0.231 e. The summed E-state index contributed by atoms with van der Waals surface area (Å²) in [5.74, 6) is -0.0429. The van der Waals surface area contributed by atoms with E-state index in [1.165, 1.54) is 6.42 Å². The molecule has 6 nitrogen and oxygen atoms in total. The summed E-state index contributed by atoms with van der Waals surface area (Å²) in [6, 6.07) is 0. The van der Waals surface area contributed by atoms with Gasteiger partial charge in [0.2, 0.25) is 11.0 Å². The van der Waals surface area contributed by atoms with Gasteiger partial charge in [0.25, 0.3) is 0 Å². The highest BCUT2D eigenvalue weighted by molar-refractivity contribution is 7.09. The van der Waals surface area contributed by atoms with E-state index < -0.39 is 0 Å². The molecule has 3 N–H and O–H groups in total. The molecule has 0 unspecified atom stereocenters. The van der Waals surface area contributed by atoms with Crippen molar-refractivity contribution in [1.82, 2.24) is 14.8 Å². The van der Waals surface area contributed by atoms with Crippen LogP contribution in [0.3, 0.4) is 0 Å². The topological polar surface area (TPSA) is 93.8 Å². The summed E-state index contributed by atoms with van der Waals surface area (Å²) >= 11 is 1.08. The predicted molar refractivity (Wildman–Crippen MR) is 56.3 cm³/mol. The van der Waals surface area contributed by atoms with Gasteiger partial charge in [-0.25, -0.2) is 0 Å². The third kappa shape index (κ3) is 2.29. The van der Waals surface area contributed by atoms with E-state index in [1.54, 1.807) is 0 Å². The average Bonchev–Trinajstić information content (AvgIpc) is 2.64. The minimum Gasteiger partial charge on any atom is -0.330 e. The predicted octanol–water partition coefficient (Wildman–Crippen LogP) is 0.391. The minimum atomic E-state index is -0.0429. The molecule has 1 aromatic heterocycles. The molecule has 1 aromatic rings. The molecule has 0 radical (unpaired) electrons. The number of hydrogen-bond acceptors (Lipinski definition) is 6. The normalized spacial score (nSPS) is 18.2. The molecule has 1 fully saturated rings. The molecule has 7 heteroatoms. The first kappa shape index (κ1) is 10.4. The number of nitrogens with two attached hydrogens (primary N) is 1. The zero-order valence-electron chi connectivity index (χ0n) is 8.27. The van der Waals surface area contributed by atoms with Gasteiger partial charge in [-0.05, 0) is 30.0 Å². The van der Waals surface area contributed by atoms with Crippen LogP contribution in [0.25, 0.3) is 0 Å². The van der Waals surface area contributed by atoms with Crippen LogP contribution >= 0.6 is 11.5 Å². The molecule has 0 bridgehead atoms. The van der Waals surface area contributed by atoms with E-state index >= 15 is 0 Å². The van der Waals surface area contributed by atoms with Crippen molar-refractivity contribution in [3.05, 3.63) is 0 Å². The van der Waals surface area contributed by atoms with Gasteiger partial charge in [0.05, 0.1) is 0 Å². The molecule has 1 aliphatic rings. The lowest BCUT2D eigenvalue weighted by molar-refractivity contribution is -0.119. The Hall–Kier alpha value is -1.08. The molecule has 82 valence electrons. The van der Waals surface area contributed by atoms with E-state index in [-0.39, 0.29) is 11.3 Å². The molecule has 0 saturated heterocycles. The summed E-state index contributed by atoms with van der Waals surface area (Å²) in [5.41, 5.74) is 5.70. The number of carbonyl (C=O) groups excluding carboxylic acids is 1. The number of nitrogens with one attached hydrogen (secondary N) is 1. The fourth-order valence-corrected chi connectivity index (χ4v) is 2.20. The first-order valence-corrected chi connectivity index (χ1v) is 5.66. The second-order valence-electron chi connectivity index (χ2n) is 3.95. The lowest BCUT2D eigenvalue weighted by Gasteiger charge is -2.40. The molecule has 1 heterocycles. The fourth-order valence-electron chi connectivity index (χ4n) is 1.82. The number of nitrogens with zero attached hydrogens (tertiary/aromatic N) is 3. The molecule has 0 aromatic carbocycles. The van der Waals surface area contributed by atoms with Crippen LogP contribution in [0, 0.1) is 5.41 Å². The van der Waals surface area contributed by atoms with Crippen LogP contribution in [0.15, 0.2) is 0 Å². The highest BCUT2D eigenvalue weighted by atomic mass is 32.1. The van der Waals surface area contributed by atoms with E-state index in [4.69, 9.17) is 5.73 Å².